The van der Waals surface area contributed by atoms with Crippen molar-refractivity contribution in [2.75, 3.05) is 6.79 Å². The van der Waals surface area contributed by atoms with Crippen molar-refractivity contribution in [3.8, 4) is 17.2 Å². The molecule has 5 rings (SSSR count). The third-order valence-corrected chi connectivity index (χ3v) is 5.26. The Labute approximate surface area is 165 Å². The average molecular weight is 395 g/mol. The van der Waals surface area contributed by atoms with Gasteiger partial charge in [-0.1, -0.05) is 29.8 Å². The third kappa shape index (κ3) is 2.67. The van der Waals surface area contributed by atoms with Crippen LogP contribution in [0.25, 0.3) is 21.7 Å². The van der Waals surface area contributed by atoms with E-state index in [-0.39, 0.29) is 19.0 Å². The summed E-state index contributed by atoms with van der Waals surface area (Å²) in [6.45, 7) is 2.31. The summed E-state index contributed by atoms with van der Waals surface area (Å²) < 4.78 is 22.3. The number of hydrogen-bond donors (Lipinski definition) is 0. The lowest BCUT2D eigenvalue weighted by molar-refractivity contribution is 0.174. The minimum absolute atomic E-state index is 0.187. The van der Waals surface area contributed by atoms with Gasteiger partial charge in [0.2, 0.25) is 6.79 Å². The van der Waals surface area contributed by atoms with Gasteiger partial charge in [-0.15, -0.1) is 0 Å². The number of benzene rings is 3. The minimum atomic E-state index is -0.359. The van der Waals surface area contributed by atoms with Crippen LogP contribution in [0, 0.1) is 6.92 Å². The first-order valence-electron chi connectivity index (χ1n) is 8.78. The van der Waals surface area contributed by atoms with E-state index in [4.69, 9.17) is 30.2 Å². The second-order valence-electron chi connectivity index (χ2n) is 6.59. The molecule has 0 N–H and O–H groups in total. The van der Waals surface area contributed by atoms with Crippen LogP contribution in [-0.2, 0) is 6.61 Å². The summed E-state index contributed by atoms with van der Waals surface area (Å²) in [4.78, 5) is 12.3. The second kappa shape index (κ2) is 6.46. The fourth-order valence-electron chi connectivity index (χ4n) is 3.44. The van der Waals surface area contributed by atoms with Crippen LogP contribution in [0.3, 0.4) is 0 Å². The predicted octanol–water partition coefficient (Wildman–Crippen LogP) is 5.22. The molecule has 140 valence electrons. The Bertz CT molecular complexity index is 1290. The lowest BCUT2D eigenvalue weighted by Crippen LogP contribution is -2.02. The Morgan fingerprint density at radius 2 is 1.75 bits per heavy atom. The molecule has 6 heteroatoms. The molecule has 0 aliphatic carbocycles. The number of ether oxygens (including phenoxy) is 3. The standard InChI is InChI=1S/C22H15ClO5/c1-12-18(25-10-13-8-19-20(9-17(13)23)27-11-26-19)7-6-15-14-4-2-3-5-16(14)22(24)28-21(12)15/h2-9H,10-11H2,1H3. The van der Waals surface area contributed by atoms with E-state index in [1.807, 2.05) is 43.3 Å². The van der Waals surface area contributed by atoms with Crippen molar-refractivity contribution in [3.05, 3.63) is 75.1 Å². The molecule has 5 nitrogen and oxygen atoms in total. The zero-order valence-electron chi connectivity index (χ0n) is 15.0. The number of fused-ring (bicyclic) bond motifs is 4. The normalized spacial score (nSPS) is 12.6. The fourth-order valence-corrected chi connectivity index (χ4v) is 3.65. The van der Waals surface area contributed by atoms with Gasteiger partial charge in [0, 0.05) is 22.6 Å². The Morgan fingerprint density at radius 1 is 1.00 bits per heavy atom. The molecule has 0 fully saturated rings. The van der Waals surface area contributed by atoms with E-state index >= 15 is 0 Å². The Morgan fingerprint density at radius 3 is 2.57 bits per heavy atom. The lowest BCUT2D eigenvalue weighted by Gasteiger charge is -2.13. The van der Waals surface area contributed by atoms with E-state index in [0.29, 0.717) is 33.2 Å². The van der Waals surface area contributed by atoms with E-state index in [1.165, 1.54) is 0 Å². The molecule has 0 spiro atoms. The highest BCUT2D eigenvalue weighted by Crippen LogP contribution is 2.37. The molecule has 0 radical (unpaired) electrons. The monoisotopic (exact) mass is 394 g/mol. The van der Waals surface area contributed by atoms with Gasteiger partial charge < -0.3 is 18.6 Å². The highest BCUT2D eigenvalue weighted by atomic mass is 35.5. The van der Waals surface area contributed by atoms with Gasteiger partial charge in [0.1, 0.15) is 17.9 Å². The van der Waals surface area contributed by atoms with Gasteiger partial charge >= 0.3 is 5.63 Å². The molecule has 2 heterocycles. The van der Waals surface area contributed by atoms with Crippen molar-refractivity contribution >= 4 is 33.3 Å². The maximum atomic E-state index is 12.3. The van der Waals surface area contributed by atoms with Gasteiger partial charge in [-0.3, -0.25) is 0 Å². The minimum Gasteiger partial charge on any atom is -0.488 e. The molecular weight excluding hydrogens is 380 g/mol. The Kier molecular flexibility index (Phi) is 3.91. The maximum absolute atomic E-state index is 12.3. The largest absolute Gasteiger partial charge is 0.488 e. The Hall–Kier alpha value is -3.18. The van der Waals surface area contributed by atoms with Gasteiger partial charge in [0.05, 0.1) is 10.4 Å². The zero-order chi connectivity index (χ0) is 19.3. The molecule has 0 saturated carbocycles. The summed E-state index contributed by atoms with van der Waals surface area (Å²) in [7, 11) is 0. The molecule has 1 aromatic heterocycles. The van der Waals surface area contributed by atoms with Crippen LogP contribution in [-0.4, -0.2) is 6.79 Å². The summed E-state index contributed by atoms with van der Waals surface area (Å²) in [6, 6.07) is 14.7. The van der Waals surface area contributed by atoms with E-state index in [2.05, 4.69) is 0 Å². The number of halogens is 1. The molecule has 0 bridgehead atoms. The molecule has 3 aromatic carbocycles. The fraction of sp³-hybridized carbons (Fsp3) is 0.136. The van der Waals surface area contributed by atoms with Crippen LogP contribution in [0.1, 0.15) is 11.1 Å². The first-order chi connectivity index (χ1) is 13.6. The van der Waals surface area contributed by atoms with E-state index in [0.717, 1.165) is 21.9 Å². The van der Waals surface area contributed by atoms with Crippen molar-refractivity contribution in [2.45, 2.75) is 13.5 Å². The number of hydrogen-bond acceptors (Lipinski definition) is 5. The van der Waals surface area contributed by atoms with Gasteiger partial charge in [0.15, 0.2) is 11.5 Å². The number of aryl methyl sites for hydroxylation is 1. The molecule has 28 heavy (non-hydrogen) atoms. The van der Waals surface area contributed by atoms with E-state index in [9.17, 15) is 4.79 Å². The first kappa shape index (κ1) is 17.0. The molecule has 0 unspecified atom stereocenters. The van der Waals surface area contributed by atoms with Crippen LogP contribution in [0.4, 0.5) is 0 Å². The quantitative estimate of drug-likeness (QED) is 0.352. The molecule has 1 aliphatic heterocycles. The summed E-state index contributed by atoms with van der Waals surface area (Å²) in [6.07, 6.45) is 0. The van der Waals surface area contributed by atoms with Crippen LogP contribution in [0.5, 0.6) is 17.2 Å². The molecule has 0 amide bonds. The smallest absolute Gasteiger partial charge is 0.344 e. The van der Waals surface area contributed by atoms with Crippen molar-refractivity contribution in [1.82, 2.24) is 0 Å². The highest BCUT2D eigenvalue weighted by Gasteiger charge is 2.18. The molecule has 0 saturated heterocycles. The van der Waals surface area contributed by atoms with Gasteiger partial charge in [-0.2, -0.15) is 0 Å². The van der Waals surface area contributed by atoms with Gasteiger partial charge in [-0.25, -0.2) is 4.79 Å². The Balaban J connectivity index is 1.53. The maximum Gasteiger partial charge on any atom is 0.344 e. The van der Waals surface area contributed by atoms with Crippen LogP contribution in [0.15, 0.2) is 57.7 Å². The van der Waals surface area contributed by atoms with Crippen molar-refractivity contribution in [1.29, 1.82) is 0 Å². The first-order valence-corrected chi connectivity index (χ1v) is 9.15. The molecular formula is C22H15ClO5. The summed E-state index contributed by atoms with van der Waals surface area (Å²) in [5, 5.41) is 2.85. The second-order valence-corrected chi connectivity index (χ2v) is 6.99. The summed E-state index contributed by atoms with van der Waals surface area (Å²) >= 11 is 6.32. The van der Waals surface area contributed by atoms with Crippen molar-refractivity contribution in [3.63, 3.8) is 0 Å². The summed E-state index contributed by atoms with van der Waals surface area (Å²) in [5.74, 6) is 1.90. The SMILES string of the molecule is Cc1c(OCc2cc3c(cc2Cl)OCO3)ccc2c1oc(=O)c1ccccc12. The summed E-state index contributed by atoms with van der Waals surface area (Å²) in [5.41, 5.74) is 1.71. The van der Waals surface area contributed by atoms with E-state index in [1.54, 1.807) is 12.1 Å². The van der Waals surface area contributed by atoms with Crippen molar-refractivity contribution < 1.29 is 18.6 Å². The van der Waals surface area contributed by atoms with Crippen LogP contribution in [0.2, 0.25) is 5.02 Å². The lowest BCUT2D eigenvalue weighted by atomic mass is 10.0. The van der Waals surface area contributed by atoms with Crippen LogP contribution >= 0.6 is 11.6 Å². The van der Waals surface area contributed by atoms with Crippen LogP contribution < -0.4 is 19.8 Å². The third-order valence-electron chi connectivity index (χ3n) is 4.91. The molecule has 0 atom stereocenters. The molecule has 1 aliphatic rings. The topological polar surface area (TPSA) is 57.9 Å². The predicted molar refractivity (Wildman–Crippen MR) is 107 cm³/mol. The highest BCUT2D eigenvalue weighted by molar-refractivity contribution is 6.31. The van der Waals surface area contributed by atoms with Gasteiger partial charge in [0.25, 0.3) is 0 Å². The van der Waals surface area contributed by atoms with Gasteiger partial charge in [-0.05, 0) is 36.6 Å². The van der Waals surface area contributed by atoms with E-state index < -0.39 is 0 Å². The average Bonchev–Trinajstić information content (AvgIpc) is 3.15. The zero-order valence-corrected chi connectivity index (χ0v) is 15.7. The molecule has 4 aromatic rings. The number of rotatable bonds is 3. The van der Waals surface area contributed by atoms with Crippen molar-refractivity contribution in [2.24, 2.45) is 0 Å².